The summed E-state index contributed by atoms with van der Waals surface area (Å²) in [5.41, 5.74) is 1.15. The number of hydrogen-bond acceptors (Lipinski definition) is 6. The summed E-state index contributed by atoms with van der Waals surface area (Å²) >= 11 is 0. The predicted octanol–water partition coefficient (Wildman–Crippen LogP) is 4.17. The maximum Gasteiger partial charge on any atom is 0.323 e. The molecular formula is C25H18N2O7S. The Hall–Kier alpha value is -4.28. The first-order valence-electron chi connectivity index (χ1n) is 10.5. The van der Waals surface area contributed by atoms with E-state index in [1.807, 2.05) is 0 Å². The molecule has 0 aromatic heterocycles. The Balaban J connectivity index is 1.38. The molecule has 2 aliphatic rings. The van der Waals surface area contributed by atoms with Crippen molar-refractivity contribution in [1.82, 2.24) is 0 Å². The smallest absolute Gasteiger partial charge is 0.323 e. The van der Waals surface area contributed by atoms with Gasteiger partial charge in [0.1, 0.15) is 5.75 Å². The lowest BCUT2D eigenvalue weighted by molar-refractivity contribution is 0.0801. The van der Waals surface area contributed by atoms with Crippen LogP contribution in [0.2, 0.25) is 0 Å². The maximum atomic E-state index is 12.9. The number of allylic oxidation sites excluding steroid dienone is 4. The van der Waals surface area contributed by atoms with Crippen LogP contribution < -0.4 is 10.6 Å². The number of anilines is 2. The Morgan fingerprint density at radius 2 is 1.40 bits per heavy atom. The first kappa shape index (κ1) is 22.5. The molecule has 0 heterocycles. The molecule has 0 aliphatic heterocycles. The van der Waals surface area contributed by atoms with E-state index in [2.05, 4.69) is 10.6 Å². The maximum absolute atomic E-state index is 12.9. The number of amides is 2. The second-order valence-corrected chi connectivity index (χ2v) is 9.66. The molecule has 0 saturated carbocycles. The SMILES string of the molecule is O=C(Nc1ccc2c(c1)C(=O)C1C=CC=CC1C2=O)Nc1ccc2c(O)cc(S(=O)(=O)O)cc2c1. The average molecular weight is 490 g/mol. The van der Waals surface area contributed by atoms with Gasteiger partial charge in [-0.05, 0) is 47.9 Å². The van der Waals surface area contributed by atoms with Gasteiger partial charge in [0.15, 0.2) is 11.6 Å². The van der Waals surface area contributed by atoms with E-state index in [1.54, 1.807) is 24.3 Å². The van der Waals surface area contributed by atoms with Gasteiger partial charge in [0, 0.05) is 34.0 Å². The van der Waals surface area contributed by atoms with Crippen LogP contribution in [0.1, 0.15) is 20.7 Å². The van der Waals surface area contributed by atoms with Crippen LogP contribution in [0.3, 0.4) is 0 Å². The van der Waals surface area contributed by atoms with Gasteiger partial charge in [0.05, 0.1) is 16.7 Å². The zero-order valence-electron chi connectivity index (χ0n) is 17.9. The number of aromatic hydroxyl groups is 1. The van der Waals surface area contributed by atoms with Gasteiger partial charge in [-0.25, -0.2) is 4.79 Å². The fraction of sp³-hybridized carbons (Fsp3) is 0.0800. The van der Waals surface area contributed by atoms with E-state index in [9.17, 15) is 32.5 Å². The highest BCUT2D eigenvalue weighted by Crippen LogP contribution is 2.35. The zero-order chi connectivity index (χ0) is 24.9. The third-order valence-electron chi connectivity index (χ3n) is 6.01. The number of ketones is 2. The number of urea groups is 1. The molecule has 176 valence electrons. The molecule has 2 unspecified atom stereocenters. The van der Waals surface area contributed by atoms with Crippen LogP contribution in [0.25, 0.3) is 10.8 Å². The molecule has 10 heteroatoms. The number of benzene rings is 3. The molecule has 4 N–H and O–H groups in total. The molecule has 5 rings (SSSR count). The van der Waals surface area contributed by atoms with Gasteiger partial charge in [-0.2, -0.15) is 8.42 Å². The molecule has 2 atom stereocenters. The summed E-state index contributed by atoms with van der Waals surface area (Å²) in [7, 11) is -4.54. The van der Waals surface area contributed by atoms with Crippen molar-refractivity contribution in [2.24, 2.45) is 11.8 Å². The first-order chi connectivity index (χ1) is 16.6. The Morgan fingerprint density at radius 1 is 0.800 bits per heavy atom. The summed E-state index contributed by atoms with van der Waals surface area (Å²) in [5, 5.41) is 15.9. The molecule has 0 bridgehead atoms. The highest BCUT2D eigenvalue weighted by molar-refractivity contribution is 7.85. The Morgan fingerprint density at radius 3 is 2.06 bits per heavy atom. The monoisotopic (exact) mass is 490 g/mol. The highest BCUT2D eigenvalue weighted by atomic mass is 32.2. The van der Waals surface area contributed by atoms with Crippen molar-refractivity contribution in [2.45, 2.75) is 4.90 Å². The minimum absolute atomic E-state index is 0.148. The Labute approximate surface area is 199 Å². The molecule has 3 aromatic carbocycles. The fourth-order valence-corrected chi connectivity index (χ4v) is 4.89. The Bertz CT molecular complexity index is 1610. The number of Topliss-reactive ketones (excluding diaryl/α,β-unsaturated/α-hetero) is 2. The Kier molecular flexibility index (Phi) is 5.27. The number of fused-ring (bicyclic) bond motifs is 3. The fourth-order valence-electron chi connectivity index (χ4n) is 4.35. The topological polar surface area (TPSA) is 150 Å². The molecule has 35 heavy (non-hydrogen) atoms. The van der Waals surface area contributed by atoms with Gasteiger partial charge in [-0.3, -0.25) is 14.1 Å². The summed E-state index contributed by atoms with van der Waals surface area (Å²) in [4.78, 5) is 37.8. The molecule has 9 nitrogen and oxygen atoms in total. The summed E-state index contributed by atoms with van der Waals surface area (Å²) in [6, 6.07) is 10.4. The van der Waals surface area contributed by atoms with E-state index in [0.29, 0.717) is 16.6 Å². The number of nitrogens with one attached hydrogen (secondary N) is 2. The van der Waals surface area contributed by atoms with Crippen LogP contribution >= 0.6 is 0 Å². The van der Waals surface area contributed by atoms with E-state index in [-0.39, 0.29) is 34.0 Å². The van der Waals surface area contributed by atoms with Crippen molar-refractivity contribution in [3.05, 3.63) is 84.0 Å². The standard InChI is InChI=1S/C25H18N2O7S/c28-22-12-16(35(32,33)34)10-13-9-14(5-7-17(13)22)26-25(31)27-15-6-8-20-21(11-15)24(30)19-4-2-1-3-18(19)23(20)29/h1-12,18-19,28H,(H2,26,27,31)(H,32,33,34). The van der Waals surface area contributed by atoms with Crippen molar-refractivity contribution >= 4 is 49.9 Å². The molecule has 2 aliphatic carbocycles. The van der Waals surface area contributed by atoms with Gasteiger partial charge in [0.2, 0.25) is 0 Å². The summed E-state index contributed by atoms with van der Waals surface area (Å²) in [6.07, 6.45) is 6.89. The predicted molar refractivity (Wildman–Crippen MR) is 128 cm³/mol. The first-order valence-corrected chi connectivity index (χ1v) is 12.0. The quantitative estimate of drug-likeness (QED) is 0.402. The molecule has 0 spiro atoms. The second-order valence-electron chi connectivity index (χ2n) is 8.24. The van der Waals surface area contributed by atoms with Crippen molar-refractivity contribution in [1.29, 1.82) is 0 Å². The molecular weight excluding hydrogens is 472 g/mol. The van der Waals surface area contributed by atoms with E-state index < -0.39 is 32.9 Å². The average Bonchev–Trinajstić information content (AvgIpc) is 2.81. The van der Waals surface area contributed by atoms with Gasteiger partial charge in [0.25, 0.3) is 10.1 Å². The summed E-state index contributed by atoms with van der Waals surface area (Å²) < 4.78 is 32.1. The van der Waals surface area contributed by atoms with Crippen LogP contribution in [-0.4, -0.2) is 35.7 Å². The lowest BCUT2D eigenvalue weighted by Crippen LogP contribution is -2.35. The van der Waals surface area contributed by atoms with Gasteiger partial charge in [-0.15, -0.1) is 0 Å². The van der Waals surface area contributed by atoms with Crippen LogP contribution in [0.15, 0.2) is 77.7 Å². The molecule has 0 saturated heterocycles. The zero-order valence-corrected chi connectivity index (χ0v) is 18.7. The van der Waals surface area contributed by atoms with Crippen molar-refractivity contribution in [3.63, 3.8) is 0 Å². The molecule has 0 fully saturated rings. The summed E-state index contributed by atoms with van der Waals surface area (Å²) in [5.74, 6) is -1.77. The number of carbonyl (C=O) groups is 3. The van der Waals surface area contributed by atoms with E-state index in [1.165, 1.54) is 42.5 Å². The second kappa shape index (κ2) is 8.19. The summed E-state index contributed by atoms with van der Waals surface area (Å²) in [6.45, 7) is 0. The normalized spacial score (nSPS) is 18.8. The highest BCUT2D eigenvalue weighted by Gasteiger charge is 2.39. The lowest BCUT2D eigenvalue weighted by atomic mass is 9.72. The van der Waals surface area contributed by atoms with Crippen LogP contribution in [0.5, 0.6) is 5.75 Å². The molecule has 2 amide bonds. The van der Waals surface area contributed by atoms with Crippen molar-refractivity contribution < 1.29 is 32.5 Å². The number of hydrogen-bond donors (Lipinski definition) is 4. The number of carbonyl (C=O) groups excluding carboxylic acids is 3. The lowest BCUT2D eigenvalue weighted by Gasteiger charge is -2.28. The van der Waals surface area contributed by atoms with Gasteiger partial charge < -0.3 is 15.7 Å². The minimum Gasteiger partial charge on any atom is -0.507 e. The number of rotatable bonds is 3. The molecule has 0 radical (unpaired) electrons. The van der Waals surface area contributed by atoms with Gasteiger partial charge >= 0.3 is 6.03 Å². The largest absolute Gasteiger partial charge is 0.507 e. The number of phenolic OH excluding ortho intramolecular Hbond substituents is 1. The minimum atomic E-state index is -4.54. The van der Waals surface area contributed by atoms with E-state index in [0.717, 1.165) is 6.07 Å². The van der Waals surface area contributed by atoms with Crippen LogP contribution in [-0.2, 0) is 10.1 Å². The van der Waals surface area contributed by atoms with E-state index in [4.69, 9.17) is 0 Å². The van der Waals surface area contributed by atoms with Crippen LogP contribution in [0.4, 0.5) is 16.2 Å². The molecule has 3 aromatic rings. The third kappa shape index (κ3) is 4.09. The van der Waals surface area contributed by atoms with Crippen molar-refractivity contribution in [3.8, 4) is 5.75 Å². The van der Waals surface area contributed by atoms with E-state index >= 15 is 0 Å². The number of phenols is 1. The van der Waals surface area contributed by atoms with Gasteiger partial charge in [-0.1, -0.05) is 24.3 Å². The van der Waals surface area contributed by atoms with Crippen molar-refractivity contribution in [2.75, 3.05) is 10.6 Å². The van der Waals surface area contributed by atoms with Crippen LogP contribution in [0, 0.1) is 11.8 Å². The third-order valence-corrected chi connectivity index (χ3v) is 6.84.